The van der Waals surface area contributed by atoms with E-state index in [4.69, 9.17) is 23.2 Å². The van der Waals surface area contributed by atoms with Gasteiger partial charge in [0.1, 0.15) is 0 Å². The second-order valence-electron chi connectivity index (χ2n) is 7.37. The molecule has 4 rings (SSSR count). The Hall–Kier alpha value is -3.22. The molecule has 0 radical (unpaired) electrons. The minimum Gasteiger partial charge on any atom is -0.368 e. The summed E-state index contributed by atoms with van der Waals surface area (Å²) >= 11 is 12.2. The van der Waals surface area contributed by atoms with Gasteiger partial charge in [-0.25, -0.2) is 4.79 Å². The predicted octanol–water partition coefficient (Wildman–Crippen LogP) is 5.60. The minimum atomic E-state index is -0.430. The van der Waals surface area contributed by atoms with Gasteiger partial charge < -0.3 is 20.4 Å². The van der Waals surface area contributed by atoms with E-state index in [9.17, 15) is 9.59 Å². The summed E-state index contributed by atoms with van der Waals surface area (Å²) in [5.41, 5.74) is 2.77. The van der Waals surface area contributed by atoms with Crippen molar-refractivity contribution in [1.29, 1.82) is 0 Å². The quantitative estimate of drug-likeness (QED) is 0.523. The molecule has 2 N–H and O–H groups in total. The smallest absolute Gasteiger partial charge is 0.323 e. The predicted molar refractivity (Wildman–Crippen MR) is 130 cm³/mol. The van der Waals surface area contributed by atoms with Crippen LogP contribution in [0, 0.1) is 0 Å². The third kappa shape index (κ3) is 5.15. The number of hydrogen-bond donors (Lipinski definition) is 2. The van der Waals surface area contributed by atoms with E-state index in [1.807, 2.05) is 59.5 Å². The monoisotopic (exact) mass is 468 g/mol. The maximum absolute atomic E-state index is 12.6. The summed E-state index contributed by atoms with van der Waals surface area (Å²) < 4.78 is 0. The average molecular weight is 469 g/mol. The van der Waals surface area contributed by atoms with Crippen LogP contribution in [0.5, 0.6) is 0 Å². The van der Waals surface area contributed by atoms with E-state index in [0.29, 0.717) is 40.1 Å². The van der Waals surface area contributed by atoms with Gasteiger partial charge in [-0.05, 0) is 48.5 Å². The number of para-hydroxylation sites is 1. The fourth-order valence-corrected chi connectivity index (χ4v) is 4.07. The highest BCUT2D eigenvalue weighted by Gasteiger charge is 2.22. The van der Waals surface area contributed by atoms with Gasteiger partial charge in [0.05, 0.1) is 15.7 Å². The summed E-state index contributed by atoms with van der Waals surface area (Å²) in [6.07, 6.45) is 0. The molecule has 0 aliphatic carbocycles. The number of hydrogen-bond acceptors (Lipinski definition) is 3. The largest absolute Gasteiger partial charge is 0.368 e. The minimum absolute atomic E-state index is 0.0643. The van der Waals surface area contributed by atoms with E-state index in [-0.39, 0.29) is 5.91 Å². The van der Waals surface area contributed by atoms with Crippen LogP contribution < -0.4 is 15.5 Å². The Morgan fingerprint density at radius 2 is 1.34 bits per heavy atom. The van der Waals surface area contributed by atoms with E-state index in [1.54, 1.807) is 18.2 Å². The van der Waals surface area contributed by atoms with E-state index >= 15 is 0 Å². The van der Waals surface area contributed by atoms with Crippen molar-refractivity contribution in [2.45, 2.75) is 0 Å². The summed E-state index contributed by atoms with van der Waals surface area (Å²) in [5.74, 6) is 0.0643. The molecule has 1 aliphatic heterocycles. The SMILES string of the molecule is O=C(Nc1ccc(N2CCN(C(=O)c3ccccc3)CC2)cc1)Nc1c(Cl)cccc1Cl. The van der Waals surface area contributed by atoms with Gasteiger partial charge in [-0.15, -0.1) is 0 Å². The number of nitrogens with zero attached hydrogens (tertiary/aromatic N) is 2. The number of carbonyl (C=O) groups is 2. The third-order valence-corrected chi connectivity index (χ3v) is 5.91. The maximum Gasteiger partial charge on any atom is 0.323 e. The summed E-state index contributed by atoms with van der Waals surface area (Å²) in [6.45, 7) is 2.82. The molecule has 1 saturated heterocycles. The van der Waals surface area contributed by atoms with Crippen molar-refractivity contribution in [3.8, 4) is 0 Å². The lowest BCUT2D eigenvalue weighted by molar-refractivity contribution is 0.0747. The van der Waals surface area contributed by atoms with Crippen LogP contribution in [0.1, 0.15) is 10.4 Å². The lowest BCUT2D eigenvalue weighted by Gasteiger charge is -2.36. The van der Waals surface area contributed by atoms with Gasteiger partial charge in [0.15, 0.2) is 0 Å². The second kappa shape index (κ2) is 9.94. The Morgan fingerprint density at radius 1 is 0.719 bits per heavy atom. The molecule has 3 amide bonds. The summed E-state index contributed by atoms with van der Waals surface area (Å²) in [7, 11) is 0. The molecule has 3 aromatic carbocycles. The molecule has 1 heterocycles. The number of piperazine rings is 1. The number of nitrogens with one attached hydrogen (secondary N) is 2. The zero-order valence-corrected chi connectivity index (χ0v) is 18.7. The van der Waals surface area contributed by atoms with Crippen molar-refractivity contribution in [2.75, 3.05) is 41.7 Å². The molecule has 0 bridgehead atoms. The van der Waals surface area contributed by atoms with Crippen LogP contribution in [0.25, 0.3) is 0 Å². The molecule has 0 aromatic heterocycles. The van der Waals surface area contributed by atoms with Crippen LogP contribution >= 0.6 is 23.2 Å². The van der Waals surface area contributed by atoms with Crippen LogP contribution in [-0.4, -0.2) is 43.0 Å². The van der Waals surface area contributed by atoms with Crippen molar-refractivity contribution in [3.05, 3.63) is 88.4 Å². The average Bonchev–Trinajstić information content (AvgIpc) is 2.82. The molecular weight excluding hydrogens is 447 g/mol. The molecular formula is C24H22Cl2N4O2. The Kier molecular flexibility index (Phi) is 6.83. The van der Waals surface area contributed by atoms with Gasteiger partial charge in [-0.1, -0.05) is 47.5 Å². The fraction of sp³-hybridized carbons (Fsp3) is 0.167. The molecule has 32 heavy (non-hydrogen) atoms. The van der Waals surface area contributed by atoms with Crippen molar-refractivity contribution in [2.24, 2.45) is 0 Å². The number of rotatable bonds is 4. The van der Waals surface area contributed by atoms with Gasteiger partial charge in [0, 0.05) is 43.1 Å². The van der Waals surface area contributed by atoms with Crippen molar-refractivity contribution >= 4 is 52.2 Å². The maximum atomic E-state index is 12.6. The molecule has 8 heteroatoms. The summed E-state index contributed by atoms with van der Waals surface area (Å²) in [5, 5.41) is 6.19. The van der Waals surface area contributed by atoms with Gasteiger partial charge in [0.25, 0.3) is 5.91 Å². The Balaban J connectivity index is 1.31. The van der Waals surface area contributed by atoms with Gasteiger partial charge in [-0.3, -0.25) is 4.79 Å². The Bertz CT molecular complexity index is 1080. The van der Waals surface area contributed by atoms with Crippen LogP contribution in [-0.2, 0) is 0 Å². The van der Waals surface area contributed by atoms with Gasteiger partial charge in [-0.2, -0.15) is 0 Å². The lowest BCUT2D eigenvalue weighted by atomic mass is 10.1. The summed E-state index contributed by atoms with van der Waals surface area (Å²) in [6, 6.07) is 21.5. The number of benzene rings is 3. The molecule has 164 valence electrons. The molecule has 0 spiro atoms. The highest BCUT2D eigenvalue weighted by atomic mass is 35.5. The van der Waals surface area contributed by atoms with Crippen molar-refractivity contribution < 1.29 is 9.59 Å². The number of urea groups is 1. The van der Waals surface area contributed by atoms with Crippen LogP contribution in [0.2, 0.25) is 10.0 Å². The first kappa shape index (κ1) is 22.0. The van der Waals surface area contributed by atoms with E-state index < -0.39 is 6.03 Å². The van der Waals surface area contributed by atoms with Crippen molar-refractivity contribution in [1.82, 2.24) is 4.90 Å². The highest BCUT2D eigenvalue weighted by molar-refractivity contribution is 6.39. The first-order valence-electron chi connectivity index (χ1n) is 10.2. The third-order valence-electron chi connectivity index (χ3n) is 5.28. The fourth-order valence-electron chi connectivity index (χ4n) is 3.58. The number of carbonyl (C=O) groups excluding carboxylic acids is 2. The second-order valence-corrected chi connectivity index (χ2v) is 8.18. The van der Waals surface area contributed by atoms with Crippen LogP contribution in [0.3, 0.4) is 0 Å². The highest BCUT2D eigenvalue weighted by Crippen LogP contribution is 2.30. The topological polar surface area (TPSA) is 64.7 Å². The van der Waals surface area contributed by atoms with E-state index in [1.165, 1.54) is 0 Å². The van der Waals surface area contributed by atoms with Crippen LogP contribution in [0.15, 0.2) is 72.8 Å². The Labute approximate surface area is 196 Å². The zero-order valence-electron chi connectivity index (χ0n) is 17.2. The molecule has 1 aliphatic rings. The zero-order chi connectivity index (χ0) is 22.5. The van der Waals surface area contributed by atoms with E-state index in [2.05, 4.69) is 15.5 Å². The number of halogens is 2. The summed E-state index contributed by atoms with van der Waals surface area (Å²) in [4.78, 5) is 29.0. The van der Waals surface area contributed by atoms with Gasteiger partial charge >= 0.3 is 6.03 Å². The number of amides is 3. The van der Waals surface area contributed by atoms with Crippen LogP contribution in [0.4, 0.5) is 21.9 Å². The first-order chi connectivity index (χ1) is 15.5. The molecule has 6 nitrogen and oxygen atoms in total. The van der Waals surface area contributed by atoms with Crippen molar-refractivity contribution in [3.63, 3.8) is 0 Å². The lowest BCUT2D eigenvalue weighted by Crippen LogP contribution is -2.48. The molecule has 0 atom stereocenters. The molecule has 0 unspecified atom stereocenters. The standard InChI is InChI=1S/C24H22Cl2N4O2/c25-20-7-4-8-21(26)22(20)28-24(32)27-18-9-11-19(12-10-18)29-13-15-30(16-14-29)23(31)17-5-2-1-3-6-17/h1-12H,13-16H2,(H2,27,28,32). The molecule has 0 saturated carbocycles. The van der Waals surface area contributed by atoms with Gasteiger partial charge in [0.2, 0.25) is 0 Å². The first-order valence-corrected chi connectivity index (χ1v) is 11.0. The number of anilines is 3. The Morgan fingerprint density at radius 3 is 1.97 bits per heavy atom. The molecule has 1 fully saturated rings. The van der Waals surface area contributed by atoms with E-state index in [0.717, 1.165) is 18.8 Å². The normalized spacial score (nSPS) is 13.6. The molecule has 3 aromatic rings.